The number of aliphatic carboxylic acids is 1. The number of ether oxygens (including phenoxy) is 1. The van der Waals surface area contributed by atoms with Gasteiger partial charge in [-0.25, -0.2) is 9.59 Å². The van der Waals surface area contributed by atoms with Gasteiger partial charge in [-0.2, -0.15) is 0 Å². The Kier molecular flexibility index (Phi) is 6.53. The van der Waals surface area contributed by atoms with Crippen LogP contribution in [0.15, 0.2) is 103 Å². The van der Waals surface area contributed by atoms with Crippen LogP contribution in [0.3, 0.4) is 0 Å². The number of hydrogen-bond donors (Lipinski definition) is 2. The van der Waals surface area contributed by atoms with Crippen LogP contribution in [-0.4, -0.2) is 42.4 Å². The molecule has 2 N–H and O–H groups in total. The molecule has 196 valence electrons. The first kappa shape index (κ1) is 24.7. The van der Waals surface area contributed by atoms with Crippen molar-refractivity contribution in [3.05, 3.63) is 114 Å². The number of nitrogens with zero attached hydrogens (tertiary/aromatic N) is 1. The van der Waals surface area contributed by atoms with Gasteiger partial charge in [0, 0.05) is 24.7 Å². The molecule has 0 atom stereocenters. The van der Waals surface area contributed by atoms with E-state index in [9.17, 15) is 14.7 Å². The van der Waals surface area contributed by atoms with E-state index in [1.54, 1.807) is 0 Å². The molecular weight excluding hydrogens is 488 g/mol. The molecule has 0 unspecified atom stereocenters. The summed E-state index contributed by atoms with van der Waals surface area (Å²) in [6.45, 7) is 1.18. The Hall–Kier alpha value is -4.58. The number of benzene rings is 4. The predicted molar refractivity (Wildman–Crippen MR) is 152 cm³/mol. The Morgan fingerprint density at radius 3 is 1.90 bits per heavy atom. The number of anilines is 1. The lowest BCUT2D eigenvalue weighted by molar-refractivity contribution is -0.145. The van der Waals surface area contributed by atoms with Crippen LogP contribution in [0.5, 0.6) is 0 Å². The van der Waals surface area contributed by atoms with Crippen LogP contribution in [0.25, 0.3) is 22.3 Å². The van der Waals surface area contributed by atoms with E-state index < -0.39 is 17.6 Å². The molecule has 4 aromatic carbocycles. The fraction of sp³-hybridized carbons (Fsp3) is 0.212. The lowest BCUT2D eigenvalue weighted by atomic mass is 9.87. The number of fused-ring (bicyclic) bond motifs is 3. The third kappa shape index (κ3) is 4.74. The predicted octanol–water partition coefficient (Wildman–Crippen LogP) is 6.32. The molecule has 0 radical (unpaired) electrons. The zero-order chi connectivity index (χ0) is 26.8. The van der Waals surface area contributed by atoms with Gasteiger partial charge < -0.3 is 20.1 Å². The number of amides is 1. The fourth-order valence-corrected chi connectivity index (χ4v) is 5.86. The average molecular weight is 519 g/mol. The number of carboxylic acids is 1. The molecule has 1 aliphatic heterocycles. The number of nitrogens with one attached hydrogen (secondary N) is 1. The molecule has 0 spiro atoms. The summed E-state index contributed by atoms with van der Waals surface area (Å²) in [6, 6.07) is 34.7. The third-order valence-electron chi connectivity index (χ3n) is 8.05. The highest BCUT2D eigenvalue weighted by molar-refractivity contribution is 5.85. The molecule has 1 amide bonds. The second kappa shape index (κ2) is 10.3. The molecule has 0 bridgehead atoms. The van der Waals surface area contributed by atoms with Crippen molar-refractivity contribution < 1.29 is 19.4 Å². The van der Waals surface area contributed by atoms with E-state index in [4.69, 9.17) is 4.74 Å². The normalized spacial score (nSPS) is 15.7. The Bertz CT molecular complexity index is 1450. The van der Waals surface area contributed by atoms with Crippen molar-refractivity contribution in [3.63, 3.8) is 0 Å². The van der Waals surface area contributed by atoms with Crippen molar-refractivity contribution in [2.45, 2.75) is 24.3 Å². The number of carbonyl (C=O) groups excluding carboxylic acids is 1. The summed E-state index contributed by atoms with van der Waals surface area (Å²) in [5, 5.41) is 12.8. The average Bonchev–Trinajstić information content (AvgIpc) is 3.30. The number of piperidine rings is 1. The highest BCUT2D eigenvalue weighted by Gasteiger charge is 2.43. The van der Waals surface area contributed by atoms with Crippen LogP contribution in [0.2, 0.25) is 0 Å². The van der Waals surface area contributed by atoms with Crippen LogP contribution in [0.4, 0.5) is 10.5 Å². The van der Waals surface area contributed by atoms with Gasteiger partial charge in [0.25, 0.3) is 0 Å². The van der Waals surface area contributed by atoms with Gasteiger partial charge in [0.05, 0.1) is 0 Å². The van der Waals surface area contributed by atoms with Gasteiger partial charge in [-0.1, -0.05) is 91.0 Å². The lowest BCUT2D eigenvalue weighted by Crippen LogP contribution is -2.60. The first-order valence-corrected chi connectivity index (χ1v) is 13.3. The van der Waals surface area contributed by atoms with Gasteiger partial charge in [-0.3, -0.25) is 0 Å². The van der Waals surface area contributed by atoms with Gasteiger partial charge >= 0.3 is 12.1 Å². The van der Waals surface area contributed by atoms with E-state index in [2.05, 4.69) is 70.9 Å². The molecule has 1 fully saturated rings. The number of alkyl carbamates (subject to hydrolysis) is 1. The molecule has 1 aliphatic carbocycles. The van der Waals surface area contributed by atoms with E-state index >= 15 is 0 Å². The summed E-state index contributed by atoms with van der Waals surface area (Å²) in [4.78, 5) is 27.4. The fourth-order valence-electron chi connectivity index (χ4n) is 5.86. The van der Waals surface area contributed by atoms with E-state index in [0.29, 0.717) is 13.1 Å². The maximum atomic E-state index is 12.9. The number of carboxylic acid groups (broad SMARTS) is 1. The molecule has 1 saturated heterocycles. The summed E-state index contributed by atoms with van der Waals surface area (Å²) >= 11 is 0. The number of rotatable bonds is 6. The molecule has 0 aromatic heterocycles. The smallest absolute Gasteiger partial charge is 0.408 e. The summed E-state index contributed by atoms with van der Waals surface area (Å²) in [6.07, 6.45) is -0.125. The Morgan fingerprint density at radius 2 is 1.31 bits per heavy atom. The Morgan fingerprint density at radius 1 is 0.769 bits per heavy atom. The number of carbonyl (C=O) groups is 2. The summed E-state index contributed by atoms with van der Waals surface area (Å²) in [7, 11) is 0. The molecule has 2 aliphatic rings. The highest BCUT2D eigenvalue weighted by atomic mass is 16.5. The molecule has 1 heterocycles. The lowest BCUT2D eigenvalue weighted by Gasteiger charge is -2.40. The zero-order valence-electron chi connectivity index (χ0n) is 21.5. The van der Waals surface area contributed by atoms with Crippen LogP contribution in [0.1, 0.15) is 29.9 Å². The topological polar surface area (TPSA) is 78.9 Å². The second-order valence-electron chi connectivity index (χ2n) is 10.2. The minimum Gasteiger partial charge on any atom is -0.480 e. The van der Waals surface area contributed by atoms with Crippen LogP contribution in [-0.2, 0) is 9.53 Å². The van der Waals surface area contributed by atoms with Crippen molar-refractivity contribution in [2.75, 3.05) is 24.6 Å². The van der Waals surface area contributed by atoms with Gasteiger partial charge in [-0.15, -0.1) is 0 Å². The van der Waals surface area contributed by atoms with Crippen molar-refractivity contribution >= 4 is 17.7 Å². The third-order valence-corrected chi connectivity index (χ3v) is 8.05. The molecular formula is C33H30N2O4. The minimum absolute atomic E-state index is 0.0790. The van der Waals surface area contributed by atoms with Crippen molar-refractivity contribution in [1.82, 2.24) is 5.32 Å². The monoisotopic (exact) mass is 518 g/mol. The van der Waals surface area contributed by atoms with E-state index in [1.807, 2.05) is 42.5 Å². The Labute approximate surface area is 227 Å². The van der Waals surface area contributed by atoms with E-state index in [1.165, 1.54) is 0 Å². The molecule has 6 rings (SSSR count). The number of hydrogen-bond acceptors (Lipinski definition) is 4. The van der Waals surface area contributed by atoms with Gasteiger partial charge in [0.15, 0.2) is 0 Å². The first-order valence-electron chi connectivity index (χ1n) is 13.3. The standard InChI is InChI=1S/C33H30N2O4/c36-31(37)33(18-20-35(21-19-33)25-16-14-24(15-17-25)23-8-2-1-3-9-23)34-32(38)39-22-30-28-12-6-4-10-26(28)27-11-5-7-13-29(27)30/h1-17,30H,18-22H2,(H,34,38)(H,36,37). The van der Waals surface area contributed by atoms with Gasteiger partial charge in [0.2, 0.25) is 0 Å². The molecule has 39 heavy (non-hydrogen) atoms. The summed E-state index contributed by atoms with van der Waals surface area (Å²) in [5.74, 6) is -1.11. The van der Waals surface area contributed by atoms with Gasteiger partial charge in [0.1, 0.15) is 12.1 Å². The maximum absolute atomic E-state index is 12.9. The van der Waals surface area contributed by atoms with Crippen molar-refractivity contribution in [2.24, 2.45) is 0 Å². The quantitative estimate of drug-likeness (QED) is 0.313. The minimum atomic E-state index is -1.36. The van der Waals surface area contributed by atoms with Crippen LogP contribution in [0, 0.1) is 0 Å². The molecule has 0 saturated carbocycles. The molecule has 6 heteroatoms. The largest absolute Gasteiger partial charge is 0.480 e. The SMILES string of the molecule is O=C(NC1(C(=O)O)CCN(c2ccc(-c3ccccc3)cc2)CC1)OCC1c2ccccc2-c2ccccc21. The molecule has 6 nitrogen and oxygen atoms in total. The van der Waals surface area contributed by atoms with E-state index in [-0.39, 0.29) is 25.4 Å². The van der Waals surface area contributed by atoms with E-state index in [0.717, 1.165) is 39.1 Å². The van der Waals surface area contributed by atoms with Gasteiger partial charge in [-0.05, 0) is 58.4 Å². The van der Waals surface area contributed by atoms with Crippen LogP contribution >= 0.6 is 0 Å². The highest BCUT2D eigenvalue weighted by Crippen LogP contribution is 2.44. The van der Waals surface area contributed by atoms with Crippen molar-refractivity contribution in [1.29, 1.82) is 0 Å². The second-order valence-corrected chi connectivity index (χ2v) is 10.2. The summed E-state index contributed by atoms with van der Waals surface area (Å²) < 4.78 is 5.66. The summed E-state index contributed by atoms with van der Waals surface area (Å²) in [5.41, 5.74) is 6.49. The maximum Gasteiger partial charge on any atom is 0.408 e. The Balaban J connectivity index is 1.09. The van der Waals surface area contributed by atoms with Crippen molar-refractivity contribution in [3.8, 4) is 22.3 Å². The van der Waals surface area contributed by atoms with Crippen LogP contribution < -0.4 is 10.2 Å². The first-order chi connectivity index (χ1) is 19.0. The molecule has 4 aromatic rings. The zero-order valence-corrected chi connectivity index (χ0v) is 21.5.